The Morgan fingerprint density at radius 3 is 1.11 bits per heavy atom. The number of hydrogen-bond donors (Lipinski definition) is 5. The molecule has 0 aliphatic carbocycles. The average Bonchev–Trinajstić information content (AvgIpc) is 3.18. The molecule has 320 valence electrons. The van der Waals surface area contributed by atoms with E-state index in [-0.39, 0.29) is 0 Å². The highest BCUT2D eigenvalue weighted by Crippen LogP contribution is 2.16. The molecule has 0 radical (unpaired) electrons. The Hall–Kier alpha value is -1.21. The number of aliphatic hydroxyl groups is 4. The number of allylic oxidation sites excluding steroid dienone is 4. The highest BCUT2D eigenvalue weighted by Gasteiger charge is 2.28. The van der Waals surface area contributed by atoms with Gasteiger partial charge < -0.3 is 25.7 Å². The second kappa shape index (κ2) is 42.9. The summed E-state index contributed by atoms with van der Waals surface area (Å²) in [6, 6.07) is -1.00. The van der Waals surface area contributed by atoms with E-state index >= 15 is 0 Å². The lowest BCUT2D eigenvalue weighted by Crippen LogP contribution is -2.53. The molecule has 0 heterocycles. The van der Waals surface area contributed by atoms with Gasteiger partial charge in [0, 0.05) is 0 Å². The van der Waals surface area contributed by atoms with Crippen LogP contribution >= 0.6 is 0 Å². The third-order valence-corrected chi connectivity index (χ3v) is 11.1. The average molecular weight is 764 g/mol. The molecule has 6 nitrogen and oxygen atoms in total. The van der Waals surface area contributed by atoms with Crippen molar-refractivity contribution in [2.45, 2.75) is 269 Å². The van der Waals surface area contributed by atoms with Gasteiger partial charge in [-0.3, -0.25) is 4.79 Å². The SMILES string of the molecule is CCCCCCCCCCC/C=C\CCCCCCC(O)C(=O)NC(CO)C(O)C(O)CCC/C=C/CCCCCCCCCCCCCCCCCC. The molecule has 0 saturated heterocycles. The van der Waals surface area contributed by atoms with E-state index in [0.717, 1.165) is 51.4 Å². The van der Waals surface area contributed by atoms with Crippen molar-refractivity contribution >= 4 is 5.91 Å². The Morgan fingerprint density at radius 2 is 0.759 bits per heavy atom. The van der Waals surface area contributed by atoms with Crippen LogP contribution in [0.15, 0.2) is 24.3 Å². The van der Waals surface area contributed by atoms with E-state index in [1.165, 1.54) is 167 Å². The molecule has 0 aromatic carbocycles. The first kappa shape index (κ1) is 52.8. The molecule has 0 spiro atoms. The van der Waals surface area contributed by atoms with Gasteiger partial charge in [0.25, 0.3) is 0 Å². The van der Waals surface area contributed by atoms with Crippen LogP contribution < -0.4 is 5.32 Å². The van der Waals surface area contributed by atoms with Gasteiger partial charge in [0.05, 0.1) is 18.8 Å². The molecule has 6 heteroatoms. The molecule has 0 rings (SSSR count). The molecule has 0 aliphatic heterocycles. The van der Waals surface area contributed by atoms with Crippen LogP contribution in [-0.2, 0) is 4.79 Å². The van der Waals surface area contributed by atoms with E-state index in [9.17, 15) is 25.2 Å². The molecule has 0 aliphatic rings. The van der Waals surface area contributed by atoms with Crippen LogP contribution in [-0.4, -0.2) is 57.3 Å². The van der Waals surface area contributed by atoms with Crippen LogP contribution in [0.1, 0.15) is 245 Å². The normalized spacial score (nSPS) is 14.3. The van der Waals surface area contributed by atoms with Gasteiger partial charge in [-0.2, -0.15) is 0 Å². The lowest BCUT2D eigenvalue weighted by atomic mass is 10.00. The smallest absolute Gasteiger partial charge is 0.249 e. The van der Waals surface area contributed by atoms with Crippen LogP contribution in [0.2, 0.25) is 0 Å². The minimum absolute atomic E-state index is 0.350. The van der Waals surface area contributed by atoms with Crippen molar-refractivity contribution in [3.63, 3.8) is 0 Å². The van der Waals surface area contributed by atoms with Gasteiger partial charge in [-0.15, -0.1) is 0 Å². The van der Waals surface area contributed by atoms with Gasteiger partial charge in [-0.05, 0) is 64.2 Å². The molecule has 1 amide bonds. The lowest BCUT2D eigenvalue weighted by Gasteiger charge is -2.27. The minimum atomic E-state index is -1.28. The molecule has 0 saturated carbocycles. The van der Waals surface area contributed by atoms with E-state index in [1.54, 1.807) is 0 Å². The van der Waals surface area contributed by atoms with Crippen molar-refractivity contribution in [1.82, 2.24) is 5.32 Å². The topological polar surface area (TPSA) is 110 Å². The number of hydrogen-bond acceptors (Lipinski definition) is 5. The first-order valence-electron chi connectivity index (χ1n) is 23.7. The molecule has 54 heavy (non-hydrogen) atoms. The number of amides is 1. The molecular weight excluding hydrogens is 671 g/mol. The minimum Gasteiger partial charge on any atom is -0.394 e. The van der Waals surface area contributed by atoms with Gasteiger partial charge in [-0.25, -0.2) is 0 Å². The molecule has 0 bridgehead atoms. The Bertz CT molecular complexity index is 817. The third-order valence-electron chi connectivity index (χ3n) is 11.1. The number of nitrogens with one attached hydrogen (secondary N) is 1. The molecule has 4 atom stereocenters. The van der Waals surface area contributed by atoms with Gasteiger partial charge >= 0.3 is 0 Å². The number of aliphatic hydroxyl groups excluding tert-OH is 4. The van der Waals surface area contributed by atoms with Crippen molar-refractivity contribution < 1.29 is 25.2 Å². The van der Waals surface area contributed by atoms with Crippen molar-refractivity contribution in [3.8, 4) is 0 Å². The van der Waals surface area contributed by atoms with Crippen molar-refractivity contribution in [2.75, 3.05) is 6.61 Å². The zero-order valence-electron chi connectivity index (χ0n) is 36.0. The zero-order valence-corrected chi connectivity index (χ0v) is 36.0. The van der Waals surface area contributed by atoms with E-state index in [1.807, 2.05) is 0 Å². The fraction of sp³-hybridized carbons (Fsp3) is 0.896. The fourth-order valence-corrected chi connectivity index (χ4v) is 7.34. The fourth-order valence-electron chi connectivity index (χ4n) is 7.34. The summed E-state index contributed by atoms with van der Waals surface area (Å²) in [5.74, 6) is -0.600. The van der Waals surface area contributed by atoms with Crippen LogP contribution in [0.3, 0.4) is 0 Å². The summed E-state index contributed by atoms with van der Waals surface area (Å²) >= 11 is 0. The number of carbonyl (C=O) groups excluding carboxylic acids is 1. The van der Waals surface area contributed by atoms with Gasteiger partial charge in [0.15, 0.2) is 0 Å². The van der Waals surface area contributed by atoms with Gasteiger partial charge in [0.2, 0.25) is 5.91 Å². The van der Waals surface area contributed by atoms with Gasteiger partial charge in [0.1, 0.15) is 12.2 Å². The quantitative estimate of drug-likeness (QED) is 0.0314. The highest BCUT2D eigenvalue weighted by atomic mass is 16.3. The maximum absolute atomic E-state index is 12.5. The van der Waals surface area contributed by atoms with E-state index in [0.29, 0.717) is 12.8 Å². The predicted octanol–water partition coefficient (Wildman–Crippen LogP) is 12.7. The van der Waals surface area contributed by atoms with Crippen molar-refractivity contribution in [2.24, 2.45) is 0 Å². The maximum Gasteiger partial charge on any atom is 0.249 e. The van der Waals surface area contributed by atoms with Crippen molar-refractivity contribution in [3.05, 3.63) is 24.3 Å². The maximum atomic E-state index is 12.5. The largest absolute Gasteiger partial charge is 0.394 e. The molecule has 0 aromatic rings. The van der Waals surface area contributed by atoms with Crippen molar-refractivity contribution in [1.29, 1.82) is 0 Å². The molecule has 4 unspecified atom stereocenters. The molecule has 0 aromatic heterocycles. The second-order valence-electron chi connectivity index (χ2n) is 16.4. The van der Waals surface area contributed by atoms with E-state index < -0.39 is 36.9 Å². The standard InChI is InChI=1S/C48H93NO5/c1-3-5-7-9-11-13-15-17-19-21-22-23-24-26-27-29-31-33-35-37-39-41-45(51)47(53)44(43-50)49-48(54)46(52)42-40-38-36-34-32-30-28-25-20-18-16-14-12-10-8-6-4-2/h28,30,33,35,44-47,50-53H,3-27,29,31-32,34,36-43H2,1-2H3,(H,49,54)/b30-28-,35-33+. The molecular formula is C48H93NO5. The van der Waals surface area contributed by atoms with Gasteiger partial charge in [-0.1, -0.05) is 205 Å². The first-order valence-corrected chi connectivity index (χ1v) is 23.7. The van der Waals surface area contributed by atoms with E-state index in [2.05, 4.69) is 43.5 Å². The summed E-state index contributed by atoms with van der Waals surface area (Å²) in [7, 11) is 0. The van der Waals surface area contributed by atoms with E-state index in [4.69, 9.17) is 0 Å². The predicted molar refractivity (Wildman–Crippen MR) is 233 cm³/mol. The Labute approximate surface area is 335 Å². The molecule has 5 N–H and O–H groups in total. The summed E-state index contributed by atoms with van der Waals surface area (Å²) in [5.41, 5.74) is 0. The Kier molecular flexibility index (Phi) is 42.0. The summed E-state index contributed by atoms with van der Waals surface area (Å²) in [4.78, 5) is 12.5. The first-order chi connectivity index (χ1) is 26.5. The molecule has 0 fully saturated rings. The Morgan fingerprint density at radius 1 is 0.444 bits per heavy atom. The van der Waals surface area contributed by atoms with Crippen LogP contribution in [0, 0.1) is 0 Å². The third kappa shape index (κ3) is 36.4. The summed E-state index contributed by atoms with van der Waals surface area (Å²) in [5, 5.41) is 43.7. The van der Waals surface area contributed by atoms with Crippen LogP contribution in [0.25, 0.3) is 0 Å². The monoisotopic (exact) mass is 764 g/mol. The number of unbranched alkanes of at least 4 members (excludes halogenated alkanes) is 30. The van der Waals surface area contributed by atoms with Crippen LogP contribution in [0.4, 0.5) is 0 Å². The second-order valence-corrected chi connectivity index (χ2v) is 16.4. The number of carbonyl (C=O) groups is 1. The zero-order chi connectivity index (χ0) is 39.6. The summed E-state index contributed by atoms with van der Waals surface area (Å²) in [6.07, 6.45) is 49.3. The number of rotatable bonds is 43. The summed E-state index contributed by atoms with van der Waals surface area (Å²) in [6.45, 7) is 4.05. The Balaban J connectivity index is 3.75. The summed E-state index contributed by atoms with van der Waals surface area (Å²) < 4.78 is 0. The lowest BCUT2D eigenvalue weighted by molar-refractivity contribution is -0.132. The van der Waals surface area contributed by atoms with Crippen LogP contribution in [0.5, 0.6) is 0 Å². The highest BCUT2D eigenvalue weighted by molar-refractivity contribution is 5.80.